The number of anilines is 3. The highest BCUT2D eigenvalue weighted by atomic mass is 79.9. The molecule has 2 nitrogen and oxygen atoms in total. The average molecular weight is 352 g/mol. The Labute approximate surface area is 133 Å². The summed E-state index contributed by atoms with van der Waals surface area (Å²) in [5, 5.41) is 1.61. The third-order valence-electron chi connectivity index (χ3n) is 3.72. The molecule has 1 heterocycles. The average Bonchev–Trinajstić information content (AvgIpc) is 2.48. The maximum atomic E-state index is 6.20. The quantitative estimate of drug-likeness (QED) is 0.716. The van der Waals surface area contributed by atoms with Gasteiger partial charge in [0.15, 0.2) is 0 Å². The lowest BCUT2D eigenvalue weighted by Crippen LogP contribution is -2.36. The van der Waals surface area contributed by atoms with E-state index in [0.29, 0.717) is 0 Å². The molecule has 0 spiro atoms. The maximum Gasteiger partial charge on any atom is 0.0649 e. The van der Waals surface area contributed by atoms with Crippen LogP contribution in [0.4, 0.5) is 17.1 Å². The van der Waals surface area contributed by atoms with Crippen LogP contribution in [-0.2, 0) is 5.33 Å². The molecule has 0 bridgehead atoms. The molecule has 0 radical (unpaired) electrons. The molecule has 4 heteroatoms. The van der Waals surface area contributed by atoms with Crippen LogP contribution in [0.25, 0.3) is 0 Å². The van der Waals surface area contributed by atoms with E-state index < -0.39 is 0 Å². The van der Waals surface area contributed by atoms with Gasteiger partial charge in [0.2, 0.25) is 0 Å². The van der Waals surface area contributed by atoms with Gasteiger partial charge in [0.1, 0.15) is 0 Å². The molecule has 0 unspecified atom stereocenters. The number of hydrogen-bond acceptors (Lipinski definition) is 2. The zero-order chi connectivity index (χ0) is 14.1. The van der Waals surface area contributed by atoms with Crippen LogP contribution in [0.5, 0.6) is 0 Å². The van der Waals surface area contributed by atoms with E-state index >= 15 is 0 Å². The van der Waals surface area contributed by atoms with Crippen molar-refractivity contribution in [3.05, 3.63) is 53.1 Å². The van der Waals surface area contributed by atoms with Crippen molar-refractivity contribution >= 4 is 44.6 Å². The molecule has 1 aliphatic heterocycles. The van der Waals surface area contributed by atoms with Gasteiger partial charge in [-0.25, -0.2) is 0 Å². The number of fused-ring (bicyclic) bond motifs is 1. The van der Waals surface area contributed by atoms with Gasteiger partial charge >= 0.3 is 0 Å². The first kappa shape index (κ1) is 13.8. The van der Waals surface area contributed by atoms with Gasteiger partial charge in [0.25, 0.3) is 0 Å². The Bertz CT molecular complexity index is 630. The molecule has 1 aliphatic rings. The minimum absolute atomic E-state index is 0.779. The van der Waals surface area contributed by atoms with Crippen LogP contribution in [0.15, 0.2) is 42.5 Å². The SMILES string of the molecule is CN1CCN(c2cc(Cl)ccc2CBr)c2ccccc21. The third-order valence-corrected chi connectivity index (χ3v) is 4.56. The lowest BCUT2D eigenvalue weighted by atomic mass is 10.1. The summed E-state index contributed by atoms with van der Waals surface area (Å²) >= 11 is 9.77. The zero-order valence-corrected chi connectivity index (χ0v) is 13.7. The second-order valence-corrected chi connectivity index (χ2v) is 5.97. The van der Waals surface area contributed by atoms with Crippen LogP contribution in [0.3, 0.4) is 0 Å². The standard InChI is InChI=1S/C16H16BrClN2/c1-19-8-9-20(15-5-3-2-4-14(15)19)16-10-13(18)7-6-12(16)11-17/h2-7,10H,8-9,11H2,1H3. The largest absolute Gasteiger partial charge is 0.371 e. The Morgan fingerprint density at radius 2 is 1.80 bits per heavy atom. The molecule has 2 aromatic rings. The molecular formula is C16H16BrClN2. The first-order valence-corrected chi connectivity index (χ1v) is 8.13. The summed E-state index contributed by atoms with van der Waals surface area (Å²) in [6.07, 6.45) is 0. The number of alkyl halides is 1. The molecule has 0 amide bonds. The highest BCUT2D eigenvalue weighted by molar-refractivity contribution is 9.08. The predicted octanol–water partition coefficient (Wildman–Crippen LogP) is 4.82. The summed E-state index contributed by atoms with van der Waals surface area (Å²) in [4.78, 5) is 4.65. The molecule has 3 rings (SSSR count). The fourth-order valence-corrected chi connectivity index (χ4v) is 3.30. The fourth-order valence-electron chi connectivity index (χ4n) is 2.66. The molecule has 0 atom stereocenters. The number of benzene rings is 2. The van der Waals surface area contributed by atoms with E-state index in [1.54, 1.807) is 0 Å². The number of halogens is 2. The Kier molecular flexibility index (Phi) is 3.90. The smallest absolute Gasteiger partial charge is 0.0649 e. The van der Waals surface area contributed by atoms with Crippen LogP contribution in [0, 0.1) is 0 Å². The van der Waals surface area contributed by atoms with E-state index in [1.807, 2.05) is 6.07 Å². The number of nitrogens with zero attached hydrogens (tertiary/aromatic N) is 2. The van der Waals surface area contributed by atoms with Gasteiger partial charge in [-0.3, -0.25) is 0 Å². The summed E-state index contributed by atoms with van der Waals surface area (Å²) in [6.45, 7) is 1.97. The van der Waals surface area contributed by atoms with Crippen molar-refractivity contribution in [2.75, 3.05) is 29.9 Å². The van der Waals surface area contributed by atoms with Crippen molar-refractivity contribution in [3.8, 4) is 0 Å². The molecule has 0 saturated carbocycles. The zero-order valence-electron chi connectivity index (χ0n) is 11.3. The molecule has 2 aromatic carbocycles. The van der Waals surface area contributed by atoms with Crippen molar-refractivity contribution in [1.82, 2.24) is 0 Å². The van der Waals surface area contributed by atoms with Crippen LogP contribution < -0.4 is 9.80 Å². The summed E-state index contributed by atoms with van der Waals surface area (Å²) < 4.78 is 0. The lowest BCUT2D eigenvalue weighted by Gasteiger charge is -2.37. The van der Waals surface area contributed by atoms with Crippen molar-refractivity contribution in [2.45, 2.75) is 5.33 Å². The molecular weight excluding hydrogens is 336 g/mol. The van der Waals surface area contributed by atoms with E-state index in [0.717, 1.165) is 23.4 Å². The van der Waals surface area contributed by atoms with Gasteiger partial charge in [-0.2, -0.15) is 0 Å². The second-order valence-electron chi connectivity index (χ2n) is 4.97. The van der Waals surface area contributed by atoms with Crippen molar-refractivity contribution < 1.29 is 0 Å². The van der Waals surface area contributed by atoms with Crippen LogP contribution in [-0.4, -0.2) is 20.1 Å². The number of para-hydroxylation sites is 2. The third kappa shape index (κ3) is 2.40. The number of hydrogen-bond donors (Lipinski definition) is 0. The second kappa shape index (κ2) is 5.66. The summed E-state index contributed by atoms with van der Waals surface area (Å²) in [6, 6.07) is 14.6. The Balaban J connectivity index is 2.12. The van der Waals surface area contributed by atoms with E-state index in [1.165, 1.54) is 22.6 Å². The molecule has 0 saturated heterocycles. The van der Waals surface area contributed by atoms with Crippen LogP contribution in [0.1, 0.15) is 5.56 Å². The normalized spacial score (nSPS) is 14.3. The maximum absolute atomic E-state index is 6.20. The Morgan fingerprint density at radius 1 is 1.05 bits per heavy atom. The van der Waals surface area contributed by atoms with Gasteiger partial charge < -0.3 is 9.80 Å². The minimum Gasteiger partial charge on any atom is -0.371 e. The molecule has 0 aliphatic carbocycles. The van der Waals surface area contributed by atoms with Crippen LogP contribution in [0.2, 0.25) is 5.02 Å². The van der Waals surface area contributed by atoms with Gasteiger partial charge in [-0.15, -0.1) is 0 Å². The molecule has 104 valence electrons. The Hall–Kier alpha value is -1.19. The predicted molar refractivity (Wildman–Crippen MR) is 90.8 cm³/mol. The van der Waals surface area contributed by atoms with Crippen molar-refractivity contribution in [1.29, 1.82) is 0 Å². The highest BCUT2D eigenvalue weighted by Crippen LogP contribution is 2.39. The molecule has 0 aromatic heterocycles. The highest BCUT2D eigenvalue weighted by Gasteiger charge is 2.22. The van der Waals surface area contributed by atoms with E-state index in [9.17, 15) is 0 Å². The molecule has 20 heavy (non-hydrogen) atoms. The van der Waals surface area contributed by atoms with Crippen molar-refractivity contribution in [2.24, 2.45) is 0 Å². The van der Waals surface area contributed by atoms with Gasteiger partial charge in [-0.1, -0.05) is 45.7 Å². The summed E-state index contributed by atoms with van der Waals surface area (Å²) in [5.74, 6) is 0. The minimum atomic E-state index is 0.779. The van der Waals surface area contributed by atoms with E-state index in [4.69, 9.17) is 11.6 Å². The lowest BCUT2D eigenvalue weighted by molar-refractivity contribution is 0.820. The molecule has 0 N–H and O–H groups in total. The monoisotopic (exact) mass is 350 g/mol. The van der Waals surface area contributed by atoms with E-state index in [-0.39, 0.29) is 0 Å². The fraction of sp³-hybridized carbons (Fsp3) is 0.250. The first-order chi connectivity index (χ1) is 9.70. The van der Waals surface area contributed by atoms with Crippen LogP contribution >= 0.6 is 27.5 Å². The van der Waals surface area contributed by atoms with Gasteiger partial charge in [0, 0.05) is 36.2 Å². The number of likely N-dealkylation sites (N-methyl/N-ethyl adjacent to an activating group) is 1. The van der Waals surface area contributed by atoms with Gasteiger partial charge in [0.05, 0.1) is 11.4 Å². The molecule has 0 fully saturated rings. The van der Waals surface area contributed by atoms with Crippen molar-refractivity contribution in [3.63, 3.8) is 0 Å². The van der Waals surface area contributed by atoms with Gasteiger partial charge in [-0.05, 0) is 29.8 Å². The number of rotatable bonds is 2. The Morgan fingerprint density at radius 3 is 2.55 bits per heavy atom. The van der Waals surface area contributed by atoms with E-state index in [2.05, 4.69) is 69.2 Å². The topological polar surface area (TPSA) is 6.48 Å². The summed E-state index contributed by atoms with van der Waals surface area (Å²) in [5.41, 5.74) is 4.95. The first-order valence-electron chi connectivity index (χ1n) is 6.63. The summed E-state index contributed by atoms with van der Waals surface area (Å²) in [7, 11) is 2.14.